The van der Waals surface area contributed by atoms with Crippen molar-refractivity contribution < 1.29 is 24.2 Å². The third kappa shape index (κ3) is 3.53. The van der Waals surface area contributed by atoms with Gasteiger partial charge in [-0.25, -0.2) is 0 Å². The average Bonchev–Trinajstić information content (AvgIpc) is 2.99. The molecule has 0 bridgehead atoms. The van der Waals surface area contributed by atoms with Gasteiger partial charge in [-0.3, -0.25) is 19.3 Å². The number of halogens is 1. The topological polar surface area (TPSA) is 95.9 Å². The molecule has 1 heterocycles. The minimum Gasteiger partial charge on any atom is -0.482 e. The second kappa shape index (κ2) is 6.80. The molecule has 7 nitrogen and oxygen atoms in total. The number of anilines is 1. The maximum Gasteiger partial charge on any atom is 0.306 e. The normalized spacial score (nSPS) is 22.7. The van der Waals surface area contributed by atoms with Gasteiger partial charge in [0.15, 0.2) is 6.61 Å². The quantitative estimate of drug-likeness (QED) is 0.804. The molecule has 8 heteroatoms. The van der Waals surface area contributed by atoms with Crippen molar-refractivity contribution in [2.75, 3.05) is 18.1 Å². The van der Waals surface area contributed by atoms with Gasteiger partial charge in [0, 0.05) is 10.5 Å². The number of carboxylic acid groups (broad SMARTS) is 1. The summed E-state index contributed by atoms with van der Waals surface area (Å²) >= 11 is 3.34. The molecule has 1 saturated carbocycles. The highest BCUT2D eigenvalue weighted by Gasteiger charge is 2.32. The number of benzene rings is 1. The number of carbonyl (C=O) groups excluding carboxylic acids is 2. The Hall–Kier alpha value is -2.09. The van der Waals surface area contributed by atoms with Crippen molar-refractivity contribution >= 4 is 39.4 Å². The van der Waals surface area contributed by atoms with Crippen molar-refractivity contribution in [3.8, 4) is 5.75 Å². The SMILES string of the molecule is O=C(CN1C(=O)COc2cc(Br)ccc21)N[C@H]1CC[C@@H](C(=O)O)C1. The molecule has 2 aliphatic rings. The summed E-state index contributed by atoms with van der Waals surface area (Å²) in [5.74, 6) is -1.26. The van der Waals surface area contributed by atoms with Crippen LogP contribution in [0.25, 0.3) is 0 Å². The van der Waals surface area contributed by atoms with Crippen molar-refractivity contribution in [2.45, 2.75) is 25.3 Å². The molecular formula is C16H17BrN2O5. The van der Waals surface area contributed by atoms with Gasteiger partial charge in [0.1, 0.15) is 12.3 Å². The zero-order chi connectivity index (χ0) is 17.3. The molecule has 0 saturated heterocycles. The van der Waals surface area contributed by atoms with E-state index in [1.165, 1.54) is 4.90 Å². The van der Waals surface area contributed by atoms with Crippen LogP contribution < -0.4 is 15.0 Å². The Kier molecular flexibility index (Phi) is 4.75. The number of hydrogen-bond acceptors (Lipinski definition) is 4. The van der Waals surface area contributed by atoms with E-state index in [1.54, 1.807) is 18.2 Å². The van der Waals surface area contributed by atoms with Gasteiger partial charge in [0.25, 0.3) is 5.91 Å². The Morgan fingerprint density at radius 1 is 1.38 bits per heavy atom. The zero-order valence-corrected chi connectivity index (χ0v) is 14.4. The lowest BCUT2D eigenvalue weighted by Crippen LogP contribution is -2.47. The van der Waals surface area contributed by atoms with E-state index in [9.17, 15) is 14.4 Å². The lowest BCUT2D eigenvalue weighted by molar-refractivity contribution is -0.141. The number of rotatable bonds is 4. The number of carbonyl (C=O) groups is 3. The van der Waals surface area contributed by atoms with Gasteiger partial charge in [-0.05, 0) is 37.5 Å². The number of nitrogens with zero attached hydrogens (tertiary/aromatic N) is 1. The Balaban J connectivity index is 1.64. The van der Waals surface area contributed by atoms with Crippen molar-refractivity contribution in [3.63, 3.8) is 0 Å². The zero-order valence-electron chi connectivity index (χ0n) is 12.8. The minimum absolute atomic E-state index is 0.106. The first-order chi connectivity index (χ1) is 11.4. The van der Waals surface area contributed by atoms with Gasteiger partial charge in [-0.2, -0.15) is 0 Å². The molecule has 2 N–H and O–H groups in total. The average molecular weight is 397 g/mol. The number of ether oxygens (including phenoxy) is 1. The fraction of sp³-hybridized carbons (Fsp3) is 0.438. The van der Waals surface area contributed by atoms with Gasteiger partial charge in [-0.15, -0.1) is 0 Å². The second-order valence-electron chi connectivity index (χ2n) is 5.99. The fourth-order valence-corrected chi connectivity index (χ4v) is 3.45. The van der Waals surface area contributed by atoms with E-state index < -0.39 is 11.9 Å². The molecule has 24 heavy (non-hydrogen) atoms. The largest absolute Gasteiger partial charge is 0.482 e. The Bertz CT molecular complexity index is 693. The summed E-state index contributed by atoms with van der Waals surface area (Å²) in [7, 11) is 0. The van der Waals surface area contributed by atoms with Gasteiger partial charge in [0.2, 0.25) is 5.91 Å². The van der Waals surface area contributed by atoms with E-state index in [0.717, 1.165) is 4.47 Å². The lowest BCUT2D eigenvalue weighted by atomic mass is 10.1. The predicted molar refractivity (Wildman–Crippen MR) is 88.9 cm³/mol. The third-order valence-electron chi connectivity index (χ3n) is 4.31. The molecule has 0 spiro atoms. The number of amides is 2. The predicted octanol–water partition coefficient (Wildman–Crippen LogP) is 1.54. The summed E-state index contributed by atoms with van der Waals surface area (Å²) in [5, 5.41) is 11.8. The number of nitrogens with one attached hydrogen (secondary N) is 1. The van der Waals surface area contributed by atoms with Crippen LogP contribution in [-0.2, 0) is 14.4 Å². The van der Waals surface area contributed by atoms with Crippen LogP contribution in [0.15, 0.2) is 22.7 Å². The third-order valence-corrected chi connectivity index (χ3v) is 4.81. The van der Waals surface area contributed by atoms with E-state index in [2.05, 4.69) is 21.2 Å². The minimum atomic E-state index is -0.824. The monoisotopic (exact) mass is 396 g/mol. The molecule has 3 rings (SSSR count). The maximum absolute atomic E-state index is 12.3. The molecule has 1 aromatic carbocycles. The van der Waals surface area contributed by atoms with Crippen LogP contribution in [0.2, 0.25) is 0 Å². The van der Waals surface area contributed by atoms with Crippen LogP contribution in [0.3, 0.4) is 0 Å². The summed E-state index contributed by atoms with van der Waals surface area (Å²) < 4.78 is 6.21. The summed E-state index contributed by atoms with van der Waals surface area (Å²) in [4.78, 5) is 36.7. The highest BCUT2D eigenvalue weighted by Crippen LogP contribution is 2.34. The molecule has 1 aromatic rings. The van der Waals surface area contributed by atoms with E-state index in [1.807, 2.05) is 0 Å². The van der Waals surface area contributed by atoms with E-state index >= 15 is 0 Å². The van der Waals surface area contributed by atoms with Crippen LogP contribution in [0, 0.1) is 5.92 Å². The molecule has 1 aliphatic carbocycles. The fourth-order valence-electron chi connectivity index (χ4n) is 3.11. The number of hydrogen-bond donors (Lipinski definition) is 2. The Morgan fingerprint density at radius 2 is 2.17 bits per heavy atom. The molecule has 2 amide bonds. The first-order valence-electron chi connectivity index (χ1n) is 7.69. The lowest BCUT2D eigenvalue weighted by Gasteiger charge is -2.29. The Labute approximate surface area is 147 Å². The summed E-state index contributed by atoms with van der Waals surface area (Å²) in [6, 6.07) is 5.10. The molecule has 1 aliphatic heterocycles. The van der Waals surface area contributed by atoms with Crippen LogP contribution in [0.5, 0.6) is 5.75 Å². The molecule has 0 aromatic heterocycles. The first kappa shape index (κ1) is 16.8. The van der Waals surface area contributed by atoms with Crippen LogP contribution in [0.1, 0.15) is 19.3 Å². The number of aliphatic carboxylic acids is 1. The van der Waals surface area contributed by atoms with Gasteiger partial charge in [0.05, 0.1) is 11.6 Å². The second-order valence-corrected chi connectivity index (χ2v) is 6.91. The summed E-state index contributed by atoms with van der Waals surface area (Å²) in [5.41, 5.74) is 0.555. The van der Waals surface area contributed by atoms with Crippen LogP contribution in [0.4, 0.5) is 5.69 Å². The molecule has 2 atom stereocenters. The smallest absolute Gasteiger partial charge is 0.306 e. The highest BCUT2D eigenvalue weighted by molar-refractivity contribution is 9.10. The summed E-state index contributed by atoms with van der Waals surface area (Å²) in [6.07, 6.45) is 1.64. The molecule has 0 unspecified atom stereocenters. The summed E-state index contributed by atoms with van der Waals surface area (Å²) in [6.45, 7) is -0.216. The first-order valence-corrected chi connectivity index (χ1v) is 8.48. The number of fused-ring (bicyclic) bond motifs is 1. The molecule has 128 valence electrons. The molecule has 0 radical (unpaired) electrons. The van der Waals surface area contributed by atoms with Crippen molar-refractivity contribution in [2.24, 2.45) is 5.92 Å². The van der Waals surface area contributed by atoms with Crippen LogP contribution >= 0.6 is 15.9 Å². The van der Waals surface area contributed by atoms with E-state index in [0.29, 0.717) is 30.7 Å². The van der Waals surface area contributed by atoms with Crippen molar-refractivity contribution in [1.29, 1.82) is 0 Å². The standard InChI is InChI=1S/C16H17BrN2O5/c17-10-2-4-12-13(6-10)24-8-15(21)19(12)7-14(20)18-11-3-1-9(5-11)16(22)23/h2,4,6,9,11H,1,3,5,7-8H2,(H,18,20)(H,22,23)/t9-,11+/m1/s1. The van der Waals surface area contributed by atoms with Crippen LogP contribution in [-0.4, -0.2) is 42.1 Å². The van der Waals surface area contributed by atoms with Crippen molar-refractivity contribution in [1.82, 2.24) is 5.32 Å². The Morgan fingerprint density at radius 3 is 2.88 bits per heavy atom. The van der Waals surface area contributed by atoms with Gasteiger partial charge < -0.3 is 15.2 Å². The highest BCUT2D eigenvalue weighted by atomic mass is 79.9. The number of carboxylic acids is 1. The van der Waals surface area contributed by atoms with Gasteiger partial charge in [-0.1, -0.05) is 15.9 Å². The van der Waals surface area contributed by atoms with Crippen molar-refractivity contribution in [3.05, 3.63) is 22.7 Å². The molecular weight excluding hydrogens is 380 g/mol. The van der Waals surface area contributed by atoms with E-state index in [4.69, 9.17) is 9.84 Å². The van der Waals surface area contributed by atoms with E-state index in [-0.39, 0.29) is 31.0 Å². The maximum atomic E-state index is 12.3. The van der Waals surface area contributed by atoms with Gasteiger partial charge >= 0.3 is 5.97 Å². The molecule has 1 fully saturated rings.